The maximum Gasteiger partial charge on any atom is 0.0814 e. The number of methoxy groups -OCH3 is 1. The van der Waals surface area contributed by atoms with Crippen LogP contribution < -0.4 is 5.73 Å². The fourth-order valence-electron chi connectivity index (χ4n) is 1.76. The second-order valence-electron chi connectivity index (χ2n) is 4.78. The standard InChI is InChI=1S/C14H23NO/c1-5-7-11-8-6-9-12(10-11)13(15)14(2,3)16-4/h6,8-10,13H,5,7,15H2,1-4H3. The van der Waals surface area contributed by atoms with E-state index in [2.05, 4.69) is 31.2 Å². The molecular formula is C14H23NO. The molecule has 2 N–H and O–H groups in total. The van der Waals surface area contributed by atoms with Gasteiger partial charge in [0.25, 0.3) is 0 Å². The van der Waals surface area contributed by atoms with Crippen LogP contribution in [-0.2, 0) is 11.2 Å². The largest absolute Gasteiger partial charge is 0.377 e. The maximum atomic E-state index is 6.22. The zero-order chi connectivity index (χ0) is 12.2. The summed E-state index contributed by atoms with van der Waals surface area (Å²) >= 11 is 0. The molecule has 0 fully saturated rings. The van der Waals surface area contributed by atoms with Gasteiger partial charge in [-0.15, -0.1) is 0 Å². The average molecular weight is 221 g/mol. The number of hydrogen-bond donors (Lipinski definition) is 1. The van der Waals surface area contributed by atoms with Crippen LogP contribution in [0.15, 0.2) is 24.3 Å². The average Bonchev–Trinajstić information content (AvgIpc) is 2.29. The normalized spacial score (nSPS) is 13.8. The molecule has 0 spiro atoms. The minimum Gasteiger partial charge on any atom is -0.377 e. The summed E-state index contributed by atoms with van der Waals surface area (Å²) in [6.45, 7) is 6.22. The van der Waals surface area contributed by atoms with E-state index in [-0.39, 0.29) is 11.6 Å². The van der Waals surface area contributed by atoms with Gasteiger partial charge < -0.3 is 10.5 Å². The Morgan fingerprint density at radius 1 is 1.38 bits per heavy atom. The van der Waals surface area contributed by atoms with Crippen LogP contribution >= 0.6 is 0 Å². The molecule has 0 heterocycles. The summed E-state index contributed by atoms with van der Waals surface area (Å²) in [5.74, 6) is 0. The molecule has 0 amide bonds. The highest BCUT2D eigenvalue weighted by atomic mass is 16.5. The quantitative estimate of drug-likeness (QED) is 0.829. The molecule has 1 unspecified atom stereocenters. The van der Waals surface area contributed by atoms with Crippen molar-refractivity contribution >= 4 is 0 Å². The van der Waals surface area contributed by atoms with Crippen molar-refractivity contribution in [2.24, 2.45) is 5.73 Å². The molecule has 1 aromatic rings. The number of ether oxygens (including phenoxy) is 1. The predicted octanol–water partition coefficient (Wildman–Crippen LogP) is 3.06. The molecule has 0 aromatic heterocycles. The summed E-state index contributed by atoms with van der Waals surface area (Å²) in [6.07, 6.45) is 2.26. The lowest BCUT2D eigenvalue weighted by Crippen LogP contribution is -2.37. The Morgan fingerprint density at radius 2 is 2.06 bits per heavy atom. The summed E-state index contributed by atoms with van der Waals surface area (Å²) in [5, 5.41) is 0. The second-order valence-corrected chi connectivity index (χ2v) is 4.78. The van der Waals surface area contributed by atoms with Crippen LogP contribution in [0.3, 0.4) is 0 Å². The molecule has 16 heavy (non-hydrogen) atoms. The first kappa shape index (κ1) is 13.2. The highest BCUT2D eigenvalue weighted by molar-refractivity contribution is 5.27. The molecule has 1 atom stereocenters. The molecular weight excluding hydrogens is 198 g/mol. The molecule has 90 valence electrons. The van der Waals surface area contributed by atoms with Crippen molar-refractivity contribution in [3.05, 3.63) is 35.4 Å². The van der Waals surface area contributed by atoms with E-state index in [0.29, 0.717) is 0 Å². The zero-order valence-corrected chi connectivity index (χ0v) is 10.8. The Labute approximate surface area is 98.8 Å². The maximum absolute atomic E-state index is 6.22. The smallest absolute Gasteiger partial charge is 0.0814 e. The SMILES string of the molecule is CCCc1cccc(C(N)C(C)(C)OC)c1. The van der Waals surface area contributed by atoms with Crippen molar-refractivity contribution in [2.45, 2.75) is 45.3 Å². The second kappa shape index (κ2) is 5.46. The number of rotatable bonds is 5. The molecule has 1 aromatic carbocycles. The lowest BCUT2D eigenvalue weighted by molar-refractivity contribution is -0.0000438. The summed E-state index contributed by atoms with van der Waals surface area (Å²) < 4.78 is 5.43. The highest BCUT2D eigenvalue weighted by Gasteiger charge is 2.27. The Bertz CT molecular complexity index is 333. The molecule has 0 saturated carbocycles. The number of nitrogens with two attached hydrogens (primary N) is 1. The van der Waals surface area contributed by atoms with E-state index in [1.165, 1.54) is 5.56 Å². The third-order valence-corrected chi connectivity index (χ3v) is 3.12. The van der Waals surface area contributed by atoms with E-state index in [9.17, 15) is 0 Å². The lowest BCUT2D eigenvalue weighted by Gasteiger charge is -2.30. The fourth-order valence-corrected chi connectivity index (χ4v) is 1.76. The molecule has 1 rings (SSSR count). The Balaban J connectivity index is 2.91. The van der Waals surface area contributed by atoms with Crippen molar-refractivity contribution in [1.82, 2.24) is 0 Å². The third-order valence-electron chi connectivity index (χ3n) is 3.12. The van der Waals surface area contributed by atoms with Crippen LogP contribution in [0, 0.1) is 0 Å². The molecule has 0 bridgehead atoms. The van der Waals surface area contributed by atoms with Crippen LogP contribution in [0.4, 0.5) is 0 Å². The lowest BCUT2D eigenvalue weighted by atomic mass is 9.91. The summed E-state index contributed by atoms with van der Waals surface area (Å²) in [7, 11) is 1.70. The van der Waals surface area contributed by atoms with Gasteiger partial charge in [-0.2, -0.15) is 0 Å². The van der Waals surface area contributed by atoms with Crippen molar-refractivity contribution in [3.63, 3.8) is 0 Å². The summed E-state index contributed by atoms with van der Waals surface area (Å²) in [6, 6.07) is 8.40. The predicted molar refractivity (Wildman–Crippen MR) is 68.5 cm³/mol. The minimum absolute atomic E-state index is 0.0886. The Kier molecular flexibility index (Phi) is 4.51. The van der Waals surface area contributed by atoms with Crippen molar-refractivity contribution in [2.75, 3.05) is 7.11 Å². The summed E-state index contributed by atoms with van der Waals surface area (Å²) in [5.41, 5.74) is 8.39. The monoisotopic (exact) mass is 221 g/mol. The van der Waals surface area contributed by atoms with Gasteiger partial charge in [-0.05, 0) is 31.4 Å². The van der Waals surface area contributed by atoms with E-state index in [0.717, 1.165) is 18.4 Å². The molecule has 2 nitrogen and oxygen atoms in total. The van der Waals surface area contributed by atoms with Gasteiger partial charge in [0.1, 0.15) is 0 Å². The van der Waals surface area contributed by atoms with Crippen molar-refractivity contribution in [3.8, 4) is 0 Å². The van der Waals surface area contributed by atoms with E-state index < -0.39 is 0 Å². The van der Waals surface area contributed by atoms with Gasteiger partial charge in [-0.1, -0.05) is 37.6 Å². The highest BCUT2D eigenvalue weighted by Crippen LogP contribution is 2.26. The van der Waals surface area contributed by atoms with Crippen LogP contribution in [0.25, 0.3) is 0 Å². The topological polar surface area (TPSA) is 35.2 Å². The van der Waals surface area contributed by atoms with Crippen molar-refractivity contribution < 1.29 is 4.74 Å². The molecule has 0 aliphatic rings. The minimum atomic E-state index is -0.329. The van der Waals surface area contributed by atoms with E-state index in [1.54, 1.807) is 7.11 Å². The van der Waals surface area contributed by atoms with Gasteiger partial charge in [0.15, 0.2) is 0 Å². The molecule has 0 saturated heterocycles. The molecule has 0 radical (unpaired) electrons. The van der Waals surface area contributed by atoms with E-state index >= 15 is 0 Å². The first-order valence-corrected chi connectivity index (χ1v) is 5.91. The number of hydrogen-bond acceptors (Lipinski definition) is 2. The van der Waals surface area contributed by atoms with E-state index in [4.69, 9.17) is 10.5 Å². The van der Waals surface area contributed by atoms with E-state index in [1.807, 2.05) is 13.8 Å². The van der Waals surface area contributed by atoms with Gasteiger partial charge in [-0.3, -0.25) is 0 Å². The van der Waals surface area contributed by atoms with Gasteiger partial charge in [0, 0.05) is 7.11 Å². The fraction of sp³-hybridized carbons (Fsp3) is 0.571. The van der Waals surface area contributed by atoms with Gasteiger partial charge in [0.2, 0.25) is 0 Å². The van der Waals surface area contributed by atoms with Crippen LogP contribution in [0.2, 0.25) is 0 Å². The van der Waals surface area contributed by atoms with Crippen molar-refractivity contribution in [1.29, 1.82) is 0 Å². The Hall–Kier alpha value is -0.860. The molecule has 0 aliphatic heterocycles. The van der Waals surface area contributed by atoms with Gasteiger partial charge in [-0.25, -0.2) is 0 Å². The molecule has 2 heteroatoms. The van der Waals surface area contributed by atoms with Gasteiger partial charge in [0.05, 0.1) is 11.6 Å². The van der Waals surface area contributed by atoms with Gasteiger partial charge >= 0.3 is 0 Å². The Morgan fingerprint density at radius 3 is 2.62 bits per heavy atom. The third kappa shape index (κ3) is 3.06. The zero-order valence-electron chi connectivity index (χ0n) is 10.8. The molecule has 0 aliphatic carbocycles. The summed E-state index contributed by atoms with van der Waals surface area (Å²) in [4.78, 5) is 0. The van der Waals surface area contributed by atoms with Crippen LogP contribution in [-0.4, -0.2) is 12.7 Å². The number of benzene rings is 1. The first-order valence-electron chi connectivity index (χ1n) is 5.91. The van der Waals surface area contributed by atoms with Crippen LogP contribution in [0.1, 0.15) is 44.4 Å². The van der Waals surface area contributed by atoms with Crippen LogP contribution in [0.5, 0.6) is 0 Å². The first-order chi connectivity index (χ1) is 7.51. The number of aryl methyl sites for hydroxylation is 1.